The lowest BCUT2D eigenvalue weighted by Crippen LogP contribution is -2.17. The van der Waals surface area contributed by atoms with Crippen LogP contribution in [0.4, 0.5) is 5.95 Å². The fourth-order valence-corrected chi connectivity index (χ4v) is 6.85. The maximum Gasteiger partial charge on any atom is 0.703 e. The van der Waals surface area contributed by atoms with Crippen molar-refractivity contribution >= 4 is 40.6 Å². The Kier molecular flexibility index (Phi) is 6.35. The summed E-state index contributed by atoms with van der Waals surface area (Å²) in [7, 11) is -12.8. The zero-order valence-corrected chi connectivity index (χ0v) is 17.2. The summed E-state index contributed by atoms with van der Waals surface area (Å²) in [5, 5.41) is 0. The molecule has 0 amide bonds. The lowest BCUT2D eigenvalue weighted by molar-refractivity contribution is -0.0173. The number of aromatic nitrogens is 4. The van der Waals surface area contributed by atoms with Crippen LogP contribution in [0.2, 0.25) is 0 Å². The molecule has 0 aromatic carbocycles. The van der Waals surface area contributed by atoms with E-state index in [1.807, 2.05) is 0 Å². The van der Waals surface area contributed by atoms with Crippen LogP contribution in [0.3, 0.4) is 0 Å². The number of ether oxygens (including phenoxy) is 1. The van der Waals surface area contributed by atoms with E-state index in [4.69, 9.17) is 19.9 Å². The maximum absolute atomic E-state index is 11.9. The lowest BCUT2D eigenvalue weighted by atomic mass is 10.2. The average Bonchev–Trinajstić information content (AvgIpc) is 3.16. The molecule has 18 heteroatoms. The first-order valence-corrected chi connectivity index (χ1v) is 12.6. The zero-order valence-electron chi connectivity index (χ0n) is 14.5. The second-order valence-electron chi connectivity index (χ2n) is 6.10. The molecule has 1 aliphatic heterocycles. The van der Waals surface area contributed by atoms with Crippen molar-refractivity contribution in [3.05, 3.63) is 16.7 Å². The predicted molar refractivity (Wildman–Crippen MR) is 97.1 cm³/mol. The van der Waals surface area contributed by atoms with Crippen LogP contribution < -0.4 is 11.3 Å². The van der Waals surface area contributed by atoms with Crippen molar-refractivity contribution in [3.63, 3.8) is 0 Å². The van der Waals surface area contributed by atoms with Crippen LogP contribution in [-0.2, 0) is 27.3 Å². The second kappa shape index (κ2) is 8.31. The molecule has 5 atom stereocenters. The topological polar surface area (TPSA) is 229 Å². The van der Waals surface area contributed by atoms with Crippen LogP contribution in [0.1, 0.15) is 19.1 Å². The van der Waals surface area contributed by atoms with E-state index in [1.165, 1.54) is 10.9 Å². The highest BCUT2D eigenvalue weighted by atomic mass is 31.3. The smallest absolute Gasteiger partial charge is 0.369 e. The van der Waals surface area contributed by atoms with Crippen LogP contribution in [-0.4, -0.2) is 52.8 Å². The highest BCUT2D eigenvalue weighted by Crippen LogP contribution is 2.61. The molecule has 6 N–H and O–H groups in total. The summed E-state index contributed by atoms with van der Waals surface area (Å²) in [6, 6.07) is 0. The molecular weight excluding hydrogens is 455 g/mol. The van der Waals surface area contributed by atoms with Gasteiger partial charge in [0.25, 0.3) is 5.56 Å². The molecule has 1 saturated heterocycles. The molecule has 0 radical (unpaired) electrons. The van der Waals surface area contributed by atoms with Crippen molar-refractivity contribution in [2.24, 2.45) is 0 Å². The van der Waals surface area contributed by atoms with Crippen molar-refractivity contribution < 1.29 is 41.9 Å². The molecule has 3 heterocycles. The van der Waals surface area contributed by atoms with E-state index in [2.05, 4.69) is 19.3 Å². The predicted octanol–water partition coefficient (Wildman–Crippen LogP) is 0.391. The number of nitrogens with zero attached hydrogens (tertiary/aromatic N) is 3. The van der Waals surface area contributed by atoms with Gasteiger partial charge in [-0.1, -0.05) is 0 Å². The molecule has 0 bridgehead atoms. The monoisotopic (exact) mass is 472 g/mol. The molecule has 0 aliphatic carbocycles. The number of rotatable bonds is 8. The number of hydrogen-bond donors (Lipinski definition) is 5. The van der Waals surface area contributed by atoms with E-state index in [0.29, 0.717) is 12.8 Å². The highest BCUT2D eigenvalue weighted by molar-refractivity contribution is 7.72. The minimum atomic E-state index is -4.80. The summed E-state index contributed by atoms with van der Waals surface area (Å²) in [4.78, 5) is 49.6. The normalized spacial score (nSPS) is 24.3. The number of H-pyrrole nitrogens is 1. The Hall–Kier alpha value is -1.53. The van der Waals surface area contributed by atoms with Crippen molar-refractivity contribution in [2.45, 2.75) is 25.2 Å². The standard InChI is InChI=1S/C11H16N5O10P3/c12-11-14-9-8(10(17)15-11)13-4-16(9)7-2-1-6(25-7)3-24-28(20,21)5-29(22,23)26-27(18)19/h4,6-7H,1-3,5H2,(H5-,12,14,15,17,18,19,20,21,22,23)/p+1/t6-,7+/m0/s1. The van der Waals surface area contributed by atoms with Crippen molar-refractivity contribution in [2.75, 3.05) is 18.2 Å². The number of fused-ring (bicyclic) bond motifs is 1. The number of anilines is 1. The minimum Gasteiger partial charge on any atom is -0.369 e. The van der Waals surface area contributed by atoms with Gasteiger partial charge in [-0.2, -0.15) is 4.98 Å². The zero-order chi connectivity index (χ0) is 21.4. The Morgan fingerprint density at radius 1 is 1.38 bits per heavy atom. The van der Waals surface area contributed by atoms with Crippen LogP contribution in [0.15, 0.2) is 11.1 Å². The Bertz CT molecular complexity index is 1080. The van der Waals surface area contributed by atoms with Gasteiger partial charge in [-0.05, 0) is 17.2 Å². The van der Waals surface area contributed by atoms with E-state index < -0.39 is 53.8 Å². The first kappa shape index (κ1) is 22.2. The van der Waals surface area contributed by atoms with E-state index >= 15 is 0 Å². The molecule has 3 rings (SSSR count). The average molecular weight is 472 g/mol. The highest BCUT2D eigenvalue weighted by Gasteiger charge is 2.41. The van der Waals surface area contributed by atoms with Crippen LogP contribution in [0, 0.1) is 0 Å². The van der Waals surface area contributed by atoms with Gasteiger partial charge in [-0.3, -0.25) is 23.5 Å². The van der Waals surface area contributed by atoms with Gasteiger partial charge in [0.15, 0.2) is 17.1 Å². The molecule has 2 aromatic heterocycles. The lowest BCUT2D eigenvalue weighted by Gasteiger charge is -2.17. The van der Waals surface area contributed by atoms with E-state index in [1.54, 1.807) is 0 Å². The van der Waals surface area contributed by atoms with Gasteiger partial charge in [0.2, 0.25) is 5.95 Å². The van der Waals surface area contributed by atoms with Crippen molar-refractivity contribution in [1.82, 2.24) is 19.5 Å². The number of aromatic amines is 1. The number of imidazole rings is 1. The van der Waals surface area contributed by atoms with E-state index in [9.17, 15) is 28.3 Å². The third-order valence-electron chi connectivity index (χ3n) is 3.86. The first-order valence-electron chi connectivity index (χ1n) is 7.97. The van der Waals surface area contributed by atoms with Crippen LogP contribution >= 0.6 is 23.4 Å². The Morgan fingerprint density at radius 3 is 2.79 bits per heavy atom. The van der Waals surface area contributed by atoms with Gasteiger partial charge in [0, 0.05) is 4.57 Å². The molecule has 29 heavy (non-hydrogen) atoms. The van der Waals surface area contributed by atoms with Crippen LogP contribution in [0.5, 0.6) is 0 Å². The molecular formula is C11H17N5O10P3+. The van der Waals surface area contributed by atoms with Gasteiger partial charge in [-0.15, -0.1) is 4.89 Å². The van der Waals surface area contributed by atoms with E-state index in [0.717, 1.165) is 0 Å². The first-order chi connectivity index (χ1) is 13.5. The summed E-state index contributed by atoms with van der Waals surface area (Å²) in [6.07, 6.45) is 0.957. The fourth-order valence-electron chi connectivity index (χ4n) is 2.77. The largest absolute Gasteiger partial charge is 0.703 e. The summed E-state index contributed by atoms with van der Waals surface area (Å²) in [5.74, 6) is -1.45. The molecule has 15 nitrogen and oxygen atoms in total. The molecule has 0 spiro atoms. The van der Waals surface area contributed by atoms with Gasteiger partial charge in [-0.25, -0.2) is 4.98 Å². The van der Waals surface area contributed by atoms with Crippen molar-refractivity contribution in [3.8, 4) is 0 Å². The number of nitrogens with two attached hydrogens (primary N) is 1. The van der Waals surface area contributed by atoms with Crippen LogP contribution in [0.25, 0.3) is 11.2 Å². The van der Waals surface area contributed by atoms with Gasteiger partial charge in [0.05, 0.1) is 19.0 Å². The number of nitrogens with one attached hydrogen (secondary N) is 1. The molecule has 0 saturated carbocycles. The quantitative estimate of drug-likeness (QED) is 0.328. The fraction of sp³-hybridized carbons (Fsp3) is 0.545. The third kappa shape index (κ3) is 5.54. The third-order valence-corrected chi connectivity index (χ3v) is 8.85. The van der Waals surface area contributed by atoms with Crippen molar-refractivity contribution in [1.29, 1.82) is 0 Å². The summed E-state index contributed by atoms with van der Waals surface area (Å²) >= 11 is 0. The number of hydrogen-bond acceptors (Lipinski definition) is 10. The number of nitrogen functional groups attached to an aromatic ring is 1. The van der Waals surface area contributed by atoms with Gasteiger partial charge in [0.1, 0.15) is 6.23 Å². The Morgan fingerprint density at radius 2 is 2.10 bits per heavy atom. The maximum atomic E-state index is 11.9. The molecule has 160 valence electrons. The van der Waals surface area contributed by atoms with E-state index in [-0.39, 0.29) is 17.1 Å². The molecule has 2 aromatic rings. The van der Waals surface area contributed by atoms with Gasteiger partial charge < -0.3 is 24.8 Å². The SMILES string of the molecule is Nc1nc2c(ncn2[C@H]2CC[C@@H](COP(=O)(O)CP(=O)(O)O[P+](=O)O)O2)c(=O)[nH]1. The second-order valence-corrected chi connectivity index (χ2v) is 11.2. The minimum absolute atomic E-state index is 0.0725. The molecule has 1 fully saturated rings. The summed E-state index contributed by atoms with van der Waals surface area (Å²) in [5.41, 5.74) is 5.31. The molecule has 1 aliphatic rings. The summed E-state index contributed by atoms with van der Waals surface area (Å²) in [6.45, 7) is -0.391. The molecule has 3 unspecified atom stereocenters. The Labute approximate surface area is 162 Å². The van der Waals surface area contributed by atoms with Gasteiger partial charge >= 0.3 is 23.4 Å². The Balaban J connectivity index is 1.62. The summed E-state index contributed by atoms with van der Waals surface area (Å²) < 4.78 is 49.8.